The monoisotopic (exact) mass is 258 g/mol. The fraction of sp³-hybridized carbons (Fsp3) is 0.312. The number of carbonyl (C=O) groups excluding carboxylic acids is 1. The minimum Gasteiger partial charge on any atom is -0.457 e. The summed E-state index contributed by atoms with van der Waals surface area (Å²) in [5.41, 5.74) is 1.15. The van der Waals surface area contributed by atoms with Crippen molar-refractivity contribution < 1.29 is 14.3 Å². The van der Waals surface area contributed by atoms with Crippen LogP contribution in [0.25, 0.3) is 0 Å². The Hall–Kier alpha value is -2.03. The van der Waals surface area contributed by atoms with Crippen molar-refractivity contribution in [1.82, 2.24) is 0 Å². The van der Waals surface area contributed by atoms with Gasteiger partial charge in [-0.05, 0) is 5.56 Å². The number of cyclic esters (lactones) is 1. The number of hydrogen-bond acceptors (Lipinski definition) is 3. The second-order valence-corrected chi connectivity index (χ2v) is 4.99. The van der Waals surface area contributed by atoms with Crippen LogP contribution in [0, 0.1) is 0 Å². The quantitative estimate of drug-likeness (QED) is 0.612. The molecule has 1 aromatic carbocycles. The first-order chi connectivity index (χ1) is 9.00. The molecule has 3 heteroatoms. The van der Waals surface area contributed by atoms with Crippen molar-refractivity contribution >= 4 is 5.97 Å². The number of ether oxygens (including phenoxy) is 2. The molecule has 0 amide bonds. The summed E-state index contributed by atoms with van der Waals surface area (Å²) in [7, 11) is 0. The average molecular weight is 258 g/mol. The summed E-state index contributed by atoms with van der Waals surface area (Å²) in [6.07, 6.45) is 3.88. The van der Waals surface area contributed by atoms with Gasteiger partial charge in [0.05, 0.1) is 6.08 Å². The van der Waals surface area contributed by atoms with E-state index in [1.165, 1.54) is 6.08 Å². The van der Waals surface area contributed by atoms with Gasteiger partial charge in [-0.1, -0.05) is 36.4 Å². The van der Waals surface area contributed by atoms with E-state index in [4.69, 9.17) is 9.47 Å². The second kappa shape index (κ2) is 5.31. The van der Waals surface area contributed by atoms with Crippen LogP contribution >= 0.6 is 0 Å². The van der Waals surface area contributed by atoms with Crippen LogP contribution < -0.4 is 0 Å². The number of allylic oxidation sites excluding steroid dienone is 2. The summed E-state index contributed by atoms with van der Waals surface area (Å²) in [6.45, 7) is 7.31. The van der Waals surface area contributed by atoms with Gasteiger partial charge in [0.25, 0.3) is 0 Å². The molecule has 0 unspecified atom stereocenters. The number of hydrogen-bond donors (Lipinski definition) is 0. The second-order valence-electron chi connectivity index (χ2n) is 4.99. The van der Waals surface area contributed by atoms with Crippen molar-refractivity contribution in [2.75, 3.05) is 0 Å². The molecule has 1 aromatic rings. The smallest absolute Gasteiger partial charge is 0.337 e. The van der Waals surface area contributed by atoms with Crippen molar-refractivity contribution in [1.29, 1.82) is 0 Å². The summed E-state index contributed by atoms with van der Waals surface area (Å²) in [5, 5.41) is 0. The van der Waals surface area contributed by atoms with Crippen molar-refractivity contribution in [3.63, 3.8) is 0 Å². The van der Waals surface area contributed by atoms with Crippen LogP contribution in [0.5, 0.6) is 0 Å². The molecule has 19 heavy (non-hydrogen) atoms. The number of carbonyl (C=O) groups is 1. The third kappa shape index (κ3) is 3.47. The van der Waals surface area contributed by atoms with E-state index in [1.807, 2.05) is 36.4 Å². The molecule has 0 radical (unpaired) electrons. The van der Waals surface area contributed by atoms with Crippen LogP contribution in [0.1, 0.15) is 31.7 Å². The lowest BCUT2D eigenvalue weighted by atomic mass is 9.94. The third-order valence-electron chi connectivity index (χ3n) is 2.94. The van der Waals surface area contributed by atoms with Gasteiger partial charge in [0, 0.05) is 26.2 Å². The molecule has 0 spiro atoms. The van der Waals surface area contributed by atoms with Crippen LogP contribution in [0.3, 0.4) is 0 Å². The highest BCUT2D eigenvalue weighted by Gasteiger charge is 2.30. The highest BCUT2D eigenvalue weighted by Crippen LogP contribution is 2.30. The largest absolute Gasteiger partial charge is 0.457 e. The van der Waals surface area contributed by atoms with Crippen LogP contribution in [0.2, 0.25) is 0 Å². The summed E-state index contributed by atoms with van der Waals surface area (Å²) < 4.78 is 10.7. The van der Waals surface area contributed by atoms with Gasteiger partial charge in [0.15, 0.2) is 0 Å². The zero-order valence-electron chi connectivity index (χ0n) is 11.3. The predicted octanol–water partition coefficient (Wildman–Crippen LogP) is 3.54. The molecule has 0 saturated heterocycles. The van der Waals surface area contributed by atoms with Gasteiger partial charge in [-0.3, -0.25) is 0 Å². The Morgan fingerprint density at radius 2 is 1.95 bits per heavy atom. The highest BCUT2D eigenvalue weighted by atomic mass is 16.7. The Kier molecular flexibility index (Phi) is 3.74. The van der Waals surface area contributed by atoms with E-state index < -0.39 is 5.79 Å². The van der Waals surface area contributed by atoms with E-state index in [0.717, 1.165) is 5.56 Å². The van der Waals surface area contributed by atoms with E-state index in [2.05, 4.69) is 6.58 Å². The molecule has 100 valence electrons. The lowest BCUT2D eigenvalue weighted by Gasteiger charge is -2.31. The van der Waals surface area contributed by atoms with E-state index in [1.54, 1.807) is 13.8 Å². The summed E-state index contributed by atoms with van der Waals surface area (Å²) >= 11 is 0. The first kappa shape index (κ1) is 13.4. The molecule has 2 rings (SSSR count). The zero-order chi connectivity index (χ0) is 13.9. The topological polar surface area (TPSA) is 35.5 Å². The summed E-state index contributed by atoms with van der Waals surface area (Å²) in [6, 6.07) is 10.0. The maximum atomic E-state index is 11.5. The van der Waals surface area contributed by atoms with Crippen LogP contribution in [0.15, 0.2) is 54.8 Å². The molecule has 0 fully saturated rings. The fourth-order valence-electron chi connectivity index (χ4n) is 2.12. The van der Waals surface area contributed by atoms with Gasteiger partial charge in [0.1, 0.15) is 5.76 Å². The summed E-state index contributed by atoms with van der Waals surface area (Å²) in [4.78, 5) is 11.5. The van der Waals surface area contributed by atoms with E-state index in [-0.39, 0.29) is 11.9 Å². The van der Waals surface area contributed by atoms with Crippen molar-refractivity contribution in [2.24, 2.45) is 0 Å². The van der Waals surface area contributed by atoms with Crippen LogP contribution in [-0.2, 0) is 14.3 Å². The van der Waals surface area contributed by atoms with E-state index >= 15 is 0 Å². The maximum absolute atomic E-state index is 11.5. The average Bonchev–Trinajstić information content (AvgIpc) is 2.34. The van der Waals surface area contributed by atoms with Crippen molar-refractivity contribution in [2.45, 2.75) is 32.0 Å². The SMILES string of the molecule is C=C[C@H](CC1=CC(=O)OC(C)(C)O1)c1ccccc1. The third-order valence-corrected chi connectivity index (χ3v) is 2.94. The lowest BCUT2D eigenvalue weighted by molar-refractivity contribution is -0.206. The van der Waals surface area contributed by atoms with Crippen LogP contribution in [0.4, 0.5) is 0 Å². The van der Waals surface area contributed by atoms with Crippen molar-refractivity contribution in [3.05, 3.63) is 60.4 Å². The Bertz CT molecular complexity index is 500. The minimum absolute atomic E-state index is 0.120. The van der Waals surface area contributed by atoms with Gasteiger partial charge in [-0.2, -0.15) is 0 Å². The standard InChI is InChI=1S/C16H18O3/c1-4-12(13-8-6-5-7-9-13)10-14-11-15(17)19-16(2,3)18-14/h4-9,11-12H,1,10H2,2-3H3/t12-/m1/s1. The number of esters is 1. The first-order valence-corrected chi connectivity index (χ1v) is 6.30. The maximum Gasteiger partial charge on any atom is 0.337 e. The predicted molar refractivity (Wildman–Crippen MR) is 73.3 cm³/mol. The van der Waals surface area contributed by atoms with Gasteiger partial charge in [0.2, 0.25) is 5.79 Å². The van der Waals surface area contributed by atoms with Crippen LogP contribution in [-0.4, -0.2) is 11.8 Å². The Morgan fingerprint density at radius 3 is 2.53 bits per heavy atom. The van der Waals surface area contributed by atoms with Crippen molar-refractivity contribution in [3.8, 4) is 0 Å². The lowest BCUT2D eigenvalue weighted by Crippen LogP contribution is -2.34. The molecule has 0 saturated carbocycles. The Morgan fingerprint density at radius 1 is 1.26 bits per heavy atom. The molecule has 3 nitrogen and oxygen atoms in total. The number of benzene rings is 1. The molecule has 0 aliphatic carbocycles. The van der Waals surface area contributed by atoms with Gasteiger partial charge < -0.3 is 9.47 Å². The number of rotatable bonds is 4. The molecular formula is C16H18O3. The minimum atomic E-state index is -0.899. The molecule has 1 atom stereocenters. The van der Waals surface area contributed by atoms with E-state index in [0.29, 0.717) is 12.2 Å². The normalized spacial score (nSPS) is 18.8. The molecule has 1 aliphatic heterocycles. The molecule has 0 aromatic heterocycles. The molecule has 1 aliphatic rings. The van der Waals surface area contributed by atoms with E-state index in [9.17, 15) is 4.79 Å². The van der Waals surface area contributed by atoms with Gasteiger partial charge in [-0.25, -0.2) is 4.79 Å². The molecule has 0 N–H and O–H groups in total. The summed E-state index contributed by atoms with van der Waals surface area (Å²) in [5.74, 6) is -0.505. The zero-order valence-corrected chi connectivity index (χ0v) is 11.3. The molecular weight excluding hydrogens is 240 g/mol. The fourth-order valence-corrected chi connectivity index (χ4v) is 2.12. The van der Waals surface area contributed by atoms with Gasteiger partial charge in [-0.15, -0.1) is 6.58 Å². The Labute approximate surface area is 113 Å². The Balaban J connectivity index is 2.15. The molecule has 1 heterocycles. The van der Waals surface area contributed by atoms with Gasteiger partial charge >= 0.3 is 5.97 Å². The highest BCUT2D eigenvalue weighted by molar-refractivity contribution is 5.83. The first-order valence-electron chi connectivity index (χ1n) is 6.30. The molecule has 0 bridgehead atoms.